The van der Waals surface area contributed by atoms with Gasteiger partial charge in [0.15, 0.2) is 5.69 Å². The highest BCUT2D eigenvalue weighted by atomic mass is 32.1. The first-order chi connectivity index (χ1) is 20.5. The van der Waals surface area contributed by atoms with Crippen molar-refractivity contribution < 1.29 is 23.6 Å². The Morgan fingerprint density at radius 1 is 1.07 bits per heavy atom. The summed E-state index contributed by atoms with van der Waals surface area (Å²) >= 11 is 1.26. The number of hydrogen-bond donors (Lipinski definition) is 4. The highest BCUT2D eigenvalue weighted by Crippen LogP contribution is 2.26. The number of carbonyl (C=O) groups is 4. The molecule has 13 heteroatoms. The summed E-state index contributed by atoms with van der Waals surface area (Å²) < 4.78 is 5.67. The zero-order chi connectivity index (χ0) is 31.1. The van der Waals surface area contributed by atoms with Gasteiger partial charge < -0.3 is 31.0 Å². The van der Waals surface area contributed by atoms with Gasteiger partial charge in [-0.05, 0) is 23.8 Å². The van der Waals surface area contributed by atoms with E-state index in [9.17, 15) is 19.2 Å². The molecule has 0 fully saturated rings. The summed E-state index contributed by atoms with van der Waals surface area (Å²) in [4.78, 5) is 63.1. The summed E-state index contributed by atoms with van der Waals surface area (Å²) in [5.41, 5.74) is 7.32. The zero-order valence-corrected chi connectivity index (χ0v) is 25.6. The molecular weight excluding hydrogens is 570 g/mol. The minimum absolute atomic E-state index is 0.0197. The molecule has 4 amide bonds. The summed E-state index contributed by atoms with van der Waals surface area (Å²) in [6.45, 7) is 7.67. The molecule has 0 spiro atoms. The molecule has 0 saturated heterocycles. The summed E-state index contributed by atoms with van der Waals surface area (Å²) in [5.74, 6) is -1.45. The Hall–Kier alpha value is -4.10. The molecule has 12 nitrogen and oxygen atoms in total. The van der Waals surface area contributed by atoms with Crippen molar-refractivity contribution in [3.05, 3.63) is 69.8 Å². The number of nitrogens with one attached hydrogen (secondary N) is 3. The van der Waals surface area contributed by atoms with Crippen LogP contribution in [-0.4, -0.2) is 64.2 Å². The fourth-order valence-electron chi connectivity index (χ4n) is 4.78. The first kappa shape index (κ1) is 31.8. The lowest BCUT2D eigenvalue weighted by Gasteiger charge is -2.27. The summed E-state index contributed by atoms with van der Waals surface area (Å²) in [6.07, 6.45) is 2.04. The highest BCUT2D eigenvalue weighted by Gasteiger charge is 2.29. The summed E-state index contributed by atoms with van der Waals surface area (Å²) in [7, 11) is 0. The van der Waals surface area contributed by atoms with Crippen molar-refractivity contribution in [2.45, 2.75) is 58.7 Å². The normalized spacial score (nSPS) is 19.3. The maximum Gasteiger partial charge on any atom is 0.273 e. The second-order valence-corrected chi connectivity index (χ2v) is 12.3. The molecule has 0 radical (unpaired) electrons. The molecule has 1 aliphatic heterocycles. The number of aromatic nitrogens is 2. The van der Waals surface area contributed by atoms with Crippen LogP contribution >= 0.6 is 11.3 Å². The third-order valence-electron chi connectivity index (χ3n) is 7.00. The number of hydrogen-bond acceptors (Lipinski definition) is 9. The molecule has 1 aliphatic rings. The van der Waals surface area contributed by atoms with Crippen molar-refractivity contribution in [1.82, 2.24) is 30.8 Å². The van der Waals surface area contributed by atoms with Gasteiger partial charge in [-0.25, -0.2) is 9.97 Å². The van der Waals surface area contributed by atoms with E-state index in [0.717, 1.165) is 5.56 Å². The van der Waals surface area contributed by atoms with E-state index < -0.39 is 35.8 Å². The fourth-order valence-corrected chi connectivity index (χ4v) is 5.80. The van der Waals surface area contributed by atoms with Crippen LogP contribution in [0, 0.1) is 11.8 Å². The van der Waals surface area contributed by atoms with Crippen LogP contribution in [-0.2, 0) is 16.0 Å². The van der Waals surface area contributed by atoms with Gasteiger partial charge in [0.1, 0.15) is 23.0 Å². The topological polar surface area (TPSA) is 173 Å². The lowest BCUT2D eigenvalue weighted by atomic mass is 10.0. The van der Waals surface area contributed by atoms with Crippen LogP contribution in [0.5, 0.6) is 0 Å². The van der Waals surface area contributed by atoms with Gasteiger partial charge in [-0.3, -0.25) is 19.2 Å². The van der Waals surface area contributed by atoms with E-state index in [0.29, 0.717) is 17.8 Å². The third kappa shape index (κ3) is 8.48. The highest BCUT2D eigenvalue weighted by molar-refractivity contribution is 7.09. The second-order valence-electron chi connectivity index (χ2n) is 11.4. The predicted molar refractivity (Wildman–Crippen MR) is 161 cm³/mol. The number of fused-ring (bicyclic) bond motifs is 4. The fraction of sp³-hybridized carbons (Fsp3) is 0.467. The number of benzene rings is 1. The zero-order valence-electron chi connectivity index (χ0n) is 24.8. The average molecular weight is 610 g/mol. The Morgan fingerprint density at radius 2 is 1.81 bits per heavy atom. The standard InChI is InChI=1S/C30H39N7O5S/c1-17(2)12-20(31)30(41)37-11-10-32-26(39)22-15-42-28(34-22)21(13-19-8-6-5-7-9-19)33-27(40)23-16-43-29(35-23)25(18(3)4)36-24(38)14-37/h5-9,15-18,20-21,25H,10-14,31H2,1-4H3,(H,32,39)(H,33,40)(H,36,38)/t20-,21-,25-/m0/s1. The summed E-state index contributed by atoms with van der Waals surface area (Å²) in [6, 6.07) is 7.56. The molecule has 3 aromatic rings. The smallest absolute Gasteiger partial charge is 0.273 e. The maximum absolute atomic E-state index is 13.4. The van der Waals surface area contributed by atoms with E-state index in [-0.39, 0.29) is 54.7 Å². The lowest BCUT2D eigenvalue weighted by Crippen LogP contribution is -2.51. The summed E-state index contributed by atoms with van der Waals surface area (Å²) in [5, 5.41) is 10.9. The van der Waals surface area contributed by atoms with Crippen LogP contribution in [0.4, 0.5) is 0 Å². The van der Waals surface area contributed by atoms with Crippen molar-refractivity contribution in [2.24, 2.45) is 17.6 Å². The van der Waals surface area contributed by atoms with Crippen LogP contribution in [0.2, 0.25) is 0 Å². The third-order valence-corrected chi connectivity index (χ3v) is 7.93. The van der Waals surface area contributed by atoms with Crippen LogP contribution in [0.1, 0.15) is 83.6 Å². The molecule has 0 unspecified atom stereocenters. The number of carbonyl (C=O) groups excluding carboxylic acids is 4. The largest absolute Gasteiger partial charge is 0.446 e. The Bertz CT molecular complexity index is 1420. The molecular formula is C30H39N7O5S. The molecule has 1 aromatic carbocycles. The van der Waals surface area contributed by atoms with Crippen LogP contribution in [0.3, 0.4) is 0 Å². The molecule has 4 rings (SSSR count). The minimum atomic E-state index is -0.790. The molecule has 4 bridgehead atoms. The number of nitrogens with zero attached hydrogens (tertiary/aromatic N) is 3. The Kier molecular flexibility index (Phi) is 10.6. The quantitative estimate of drug-likeness (QED) is 0.330. The number of amides is 4. The second kappa shape index (κ2) is 14.4. The minimum Gasteiger partial charge on any atom is -0.446 e. The van der Waals surface area contributed by atoms with Crippen molar-refractivity contribution in [3.8, 4) is 0 Å². The van der Waals surface area contributed by atoms with Gasteiger partial charge in [-0.2, -0.15) is 0 Å². The molecule has 2 aromatic heterocycles. The van der Waals surface area contributed by atoms with Gasteiger partial charge in [-0.15, -0.1) is 11.3 Å². The van der Waals surface area contributed by atoms with Crippen LogP contribution in [0.15, 0.2) is 46.4 Å². The average Bonchev–Trinajstić information content (AvgIpc) is 3.65. The molecule has 43 heavy (non-hydrogen) atoms. The van der Waals surface area contributed by atoms with Gasteiger partial charge in [0, 0.05) is 24.9 Å². The first-order valence-electron chi connectivity index (χ1n) is 14.4. The lowest BCUT2D eigenvalue weighted by molar-refractivity contribution is -0.137. The SMILES string of the molecule is CC(C)C[C@H](N)C(=O)N1CCNC(=O)c2coc(n2)[C@H](Cc2ccccc2)NC(=O)c2csc(n2)[C@H](C(C)C)NC(=O)C1. The van der Waals surface area contributed by atoms with E-state index in [1.165, 1.54) is 22.5 Å². The predicted octanol–water partition coefficient (Wildman–Crippen LogP) is 2.60. The van der Waals surface area contributed by atoms with E-state index in [1.54, 1.807) is 5.38 Å². The molecule has 3 atom stereocenters. The monoisotopic (exact) mass is 609 g/mol. The Labute approximate surface area is 254 Å². The molecule has 230 valence electrons. The van der Waals surface area contributed by atoms with E-state index in [4.69, 9.17) is 10.2 Å². The molecule has 0 aliphatic carbocycles. The Morgan fingerprint density at radius 3 is 2.51 bits per heavy atom. The van der Waals surface area contributed by atoms with Crippen LogP contribution < -0.4 is 21.7 Å². The number of thiazole rings is 1. The Balaban J connectivity index is 1.66. The van der Waals surface area contributed by atoms with Gasteiger partial charge in [0.2, 0.25) is 17.7 Å². The van der Waals surface area contributed by atoms with Crippen molar-refractivity contribution >= 4 is 35.0 Å². The van der Waals surface area contributed by atoms with Crippen LogP contribution in [0.25, 0.3) is 0 Å². The van der Waals surface area contributed by atoms with Crippen molar-refractivity contribution in [2.75, 3.05) is 19.6 Å². The van der Waals surface area contributed by atoms with Gasteiger partial charge in [-0.1, -0.05) is 58.0 Å². The number of nitrogens with two attached hydrogens (primary N) is 1. The van der Waals surface area contributed by atoms with E-state index in [2.05, 4.69) is 25.9 Å². The first-order valence-corrected chi connectivity index (χ1v) is 15.3. The number of oxazole rings is 1. The number of rotatable bonds is 6. The maximum atomic E-state index is 13.4. The van der Waals surface area contributed by atoms with Crippen molar-refractivity contribution in [3.63, 3.8) is 0 Å². The van der Waals surface area contributed by atoms with E-state index >= 15 is 0 Å². The van der Waals surface area contributed by atoms with Gasteiger partial charge >= 0.3 is 0 Å². The molecule has 5 N–H and O–H groups in total. The van der Waals surface area contributed by atoms with Gasteiger partial charge in [0.05, 0.1) is 18.6 Å². The van der Waals surface area contributed by atoms with Crippen molar-refractivity contribution in [1.29, 1.82) is 0 Å². The van der Waals surface area contributed by atoms with Gasteiger partial charge in [0.25, 0.3) is 11.8 Å². The molecule has 3 heterocycles. The van der Waals surface area contributed by atoms with E-state index in [1.807, 2.05) is 58.0 Å². The molecule has 0 saturated carbocycles.